The molecule has 1 heterocycles. The van der Waals surface area contributed by atoms with Gasteiger partial charge in [-0.1, -0.05) is 64.8 Å². The number of nitrogens with one attached hydrogen (secondary N) is 1. The lowest BCUT2D eigenvalue weighted by Gasteiger charge is -2.27. The molecular formula is C23H38N2O2. The topological polar surface area (TPSA) is 41.6 Å². The summed E-state index contributed by atoms with van der Waals surface area (Å²) in [6.45, 7) is 13.2. The third-order valence-electron chi connectivity index (χ3n) is 5.60. The fourth-order valence-electron chi connectivity index (χ4n) is 3.39. The number of ether oxygens (including phenoxy) is 1. The van der Waals surface area contributed by atoms with Crippen molar-refractivity contribution < 1.29 is 9.53 Å². The fraction of sp³-hybridized carbons (Fsp3) is 0.696. The van der Waals surface area contributed by atoms with Gasteiger partial charge in [0.1, 0.15) is 6.04 Å². The minimum atomic E-state index is -0.389. The van der Waals surface area contributed by atoms with E-state index in [-0.39, 0.29) is 12.0 Å². The Labute approximate surface area is 165 Å². The Bertz CT molecular complexity index is 550. The largest absolute Gasteiger partial charge is 0.464 e. The van der Waals surface area contributed by atoms with Gasteiger partial charge >= 0.3 is 5.97 Å². The number of benzene rings is 1. The maximum absolute atomic E-state index is 12.8. The molecule has 1 aliphatic rings. The molecule has 2 atom stereocenters. The van der Waals surface area contributed by atoms with Crippen LogP contribution in [-0.2, 0) is 9.53 Å². The van der Waals surface area contributed by atoms with Crippen LogP contribution in [0.2, 0.25) is 0 Å². The number of piperidine rings is 1. The lowest BCUT2D eigenvalue weighted by Crippen LogP contribution is -2.39. The highest BCUT2D eigenvalue weighted by Crippen LogP contribution is 2.20. The molecule has 0 amide bonds. The van der Waals surface area contributed by atoms with Gasteiger partial charge in [0.15, 0.2) is 0 Å². The average Bonchev–Trinajstić information content (AvgIpc) is 2.70. The van der Waals surface area contributed by atoms with Crippen molar-refractivity contribution in [3.05, 3.63) is 35.4 Å². The van der Waals surface area contributed by atoms with Gasteiger partial charge in [0.05, 0.1) is 6.61 Å². The van der Waals surface area contributed by atoms with Crippen LogP contribution in [0.5, 0.6) is 0 Å². The summed E-state index contributed by atoms with van der Waals surface area (Å²) in [4.78, 5) is 15.3. The molecule has 27 heavy (non-hydrogen) atoms. The quantitative estimate of drug-likeness (QED) is 0.612. The van der Waals surface area contributed by atoms with E-state index >= 15 is 0 Å². The molecule has 0 aromatic heterocycles. The number of esters is 1. The molecule has 1 fully saturated rings. The summed E-state index contributed by atoms with van der Waals surface area (Å²) in [5.74, 6) is 0.722. The molecule has 0 bridgehead atoms. The fourth-order valence-corrected chi connectivity index (χ4v) is 3.39. The molecule has 0 radical (unpaired) electrons. The van der Waals surface area contributed by atoms with Crippen molar-refractivity contribution in [1.82, 2.24) is 10.2 Å². The minimum Gasteiger partial charge on any atom is -0.464 e. The van der Waals surface area contributed by atoms with E-state index in [2.05, 4.69) is 62.2 Å². The predicted octanol–water partition coefficient (Wildman–Crippen LogP) is 4.52. The Balaban J connectivity index is 1.99. The van der Waals surface area contributed by atoms with Crippen molar-refractivity contribution in [2.24, 2.45) is 5.92 Å². The predicted molar refractivity (Wildman–Crippen MR) is 112 cm³/mol. The second kappa shape index (κ2) is 11.5. The summed E-state index contributed by atoms with van der Waals surface area (Å²) in [6.07, 6.45) is 4.94. The van der Waals surface area contributed by atoms with Crippen LogP contribution in [0.4, 0.5) is 0 Å². The van der Waals surface area contributed by atoms with Crippen molar-refractivity contribution in [2.45, 2.75) is 65.3 Å². The van der Waals surface area contributed by atoms with Crippen LogP contribution in [0, 0.1) is 5.92 Å². The van der Waals surface area contributed by atoms with Crippen LogP contribution in [0.25, 0.3) is 0 Å². The maximum Gasteiger partial charge on any atom is 0.327 e. The van der Waals surface area contributed by atoms with Gasteiger partial charge < -0.3 is 9.64 Å². The highest BCUT2D eigenvalue weighted by atomic mass is 16.5. The third kappa shape index (κ3) is 7.27. The molecule has 1 aliphatic heterocycles. The first-order valence-electron chi connectivity index (χ1n) is 10.7. The van der Waals surface area contributed by atoms with E-state index in [0.717, 1.165) is 25.1 Å². The van der Waals surface area contributed by atoms with Crippen molar-refractivity contribution >= 4 is 5.97 Å². The first-order chi connectivity index (χ1) is 13.0. The van der Waals surface area contributed by atoms with E-state index in [0.29, 0.717) is 18.4 Å². The van der Waals surface area contributed by atoms with Gasteiger partial charge in [-0.2, -0.15) is 0 Å². The summed E-state index contributed by atoms with van der Waals surface area (Å²) in [5, 5.41) is 3.46. The number of hydrogen-bond acceptors (Lipinski definition) is 4. The Morgan fingerprint density at radius 1 is 1.07 bits per heavy atom. The first kappa shape index (κ1) is 21.9. The monoisotopic (exact) mass is 374 g/mol. The van der Waals surface area contributed by atoms with Crippen LogP contribution in [0.15, 0.2) is 24.3 Å². The Kier molecular flexibility index (Phi) is 9.29. The molecule has 4 heteroatoms. The molecule has 2 rings (SSSR count). The Hall–Kier alpha value is -1.39. The summed E-state index contributed by atoms with van der Waals surface area (Å²) in [7, 11) is 0. The number of carbonyl (C=O) groups is 1. The van der Waals surface area contributed by atoms with E-state index in [1.54, 1.807) is 0 Å². The Morgan fingerprint density at radius 2 is 1.70 bits per heavy atom. The smallest absolute Gasteiger partial charge is 0.327 e. The molecule has 152 valence electrons. The Morgan fingerprint density at radius 3 is 2.30 bits per heavy atom. The third-order valence-corrected chi connectivity index (χ3v) is 5.60. The van der Waals surface area contributed by atoms with Crippen LogP contribution in [0.3, 0.4) is 0 Å². The van der Waals surface area contributed by atoms with Gasteiger partial charge in [-0.05, 0) is 48.9 Å². The van der Waals surface area contributed by atoms with Gasteiger partial charge in [0, 0.05) is 13.1 Å². The van der Waals surface area contributed by atoms with E-state index in [9.17, 15) is 4.79 Å². The normalized spacial score (nSPS) is 17.7. The molecule has 0 saturated carbocycles. The van der Waals surface area contributed by atoms with Gasteiger partial charge in [0.25, 0.3) is 0 Å². The molecule has 0 spiro atoms. The van der Waals surface area contributed by atoms with Gasteiger partial charge in [-0.25, -0.2) is 4.79 Å². The number of hydrogen-bond donors (Lipinski definition) is 1. The summed E-state index contributed by atoms with van der Waals surface area (Å²) in [6, 6.07) is 8.00. The number of rotatable bonds is 10. The average molecular weight is 375 g/mol. The summed E-state index contributed by atoms with van der Waals surface area (Å²) in [5.41, 5.74) is 2.28. The molecular weight excluding hydrogens is 336 g/mol. The van der Waals surface area contributed by atoms with Gasteiger partial charge in [0.2, 0.25) is 0 Å². The molecule has 1 N–H and O–H groups in total. The molecule has 0 aliphatic carbocycles. The molecule has 1 aromatic carbocycles. The number of nitrogens with zero attached hydrogens (tertiary/aromatic N) is 1. The van der Waals surface area contributed by atoms with Gasteiger partial charge in [-0.3, -0.25) is 5.32 Å². The van der Waals surface area contributed by atoms with Crippen LogP contribution < -0.4 is 5.32 Å². The number of carbonyl (C=O) groups excluding carboxylic acids is 1. The molecule has 1 aromatic rings. The van der Waals surface area contributed by atoms with Crippen LogP contribution in [0.1, 0.15) is 76.5 Å². The summed E-state index contributed by atoms with van der Waals surface area (Å²) < 4.78 is 5.62. The minimum absolute atomic E-state index is 0.161. The highest BCUT2D eigenvalue weighted by molar-refractivity contribution is 5.77. The lowest BCUT2D eigenvalue weighted by atomic mass is 9.99. The van der Waals surface area contributed by atoms with E-state index in [1.165, 1.54) is 37.9 Å². The van der Waals surface area contributed by atoms with Crippen molar-refractivity contribution in [1.29, 1.82) is 0 Å². The standard InChI is InChI=1S/C23H38N2O2/c1-5-19(4)17-27-23(26)22(21-11-9-20(10-12-21)18(2)3)24-13-16-25-14-7-6-8-15-25/h9-12,18-19,22,24H,5-8,13-17H2,1-4H3. The van der Waals surface area contributed by atoms with Crippen molar-refractivity contribution in [3.8, 4) is 0 Å². The zero-order valence-electron chi connectivity index (χ0n) is 17.7. The molecule has 1 saturated heterocycles. The zero-order valence-corrected chi connectivity index (χ0v) is 17.7. The van der Waals surface area contributed by atoms with Crippen molar-refractivity contribution in [3.63, 3.8) is 0 Å². The van der Waals surface area contributed by atoms with Crippen LogP contribution >= 0.6 is 0 Å². The van der Waals surface area contributed by atoms with Gasteiger partial charge in [-0.15, -0.1) is 0 Å². The van der Waals surface area contributed by atoms with E-state index in [1.807, 2.05) is 0 Å². The van der Waals surface area contributed by atoms with Crippen LogP contribution in [-0.4, -0.2) is 43.7 Å². The SMILES string of the molecule is CCC(C)COC(=O)C(NCCN1CCCCC1)c1ccc(C(C)C)cc1. The second-order valence-corrected chi connectivity index (χ2v) is 8.25. The highest BCUT2D eigenvalue weighted by Gasteiger charge is 2.23. The van der Waals surface area contributed by atoms with Crippen molar-refractivity contribution in [2.75, 3.05) is 32.8 Å². The lowest BCUT2D eigenvalue weighted by molar-refractivity contribution is -0.147. The first-order valence-corrected chi connectivity index (χ1v) is 10.7. The van der Waals surface area contributed by atoms with E-state index < -0.39 is 0 Å². The zero-order chi connectivity index (χ0) is 19.6. The second-order valence-electron chi connectivity index (χ2n) is 8.25. The van der Waals surface area contributed by atoms with E-state index in [4.69, 9.17) is 4.74 Å². The molecule has 4 nitrogen and oxygen atoms in total. The summed E-state index contributed by atoms with van der Waals surface area (Å²) >= 11 is 0. The molecule has 2 unspecified atom stereocenters. The number of likely N-dealkylation sites (tertiary alicyclic amines) is 1. The maximum atomic E-state index is 12.8.